The first kappa shape index (κ1) is 19.6. The maximum atomic E-state index is 12.5. The molecule has 0 amide bonds. The summed E-state index contributed by atoms with van der Waals surface area (Å²) in [5, 5.41) is 0. The Morgan fingerprint density at radius 1 is 1.00 bits per heavy atom. The van der Waals surface area contributed by atoms with Gasteiger partial charge in [-0.3, -0.25) is 4.79 Å². The number of carbonyl (C=O) groups excluding carboxylic acids is 1. The third kappa shape index (κ3) is 4.87. The van der Waals surface area contributed by atoms with Crippen molar-refractivity contribution in [3.63, 3.8) is 0 Å². The van der Waals surface area contributed by atoms with Crippen LogP contribution in [-0.2, 0) is 9.84 Å². The maximum Gasteiger partial charge on any atom is 0.178 e. The predicted molar refractivity (Wildman–Crippen MR) is 105 cm³/mol. The second kappa shape index (κ2) is 7.64. The standard InChI is InChI=1S/C18H29N3O3S/c1-19(2)15-11-14(17(22)13-25(5,23)24)12-16(20(3)4)18(15)21-9-7-6-8-10-21/h11-12H,6-10,13H2,1-5H3. The van der Waals surface area contributed by atoms with Gasteiger partial charge in [-0.1, -0.05) is 0 Å². The fraction of sp³-hybridized carbons (Fsp3) is 0.611. The van der Waals surface area contributed by atoms with Gasteiger partial charge < -0.3 is 14.7 Å². The van der Waals surface area contributed by atoms with Crippen LogP contribution in [0.4, 0.5) is 17.1 Å². The molecule has 140 valence electrons. The first-order chi connectivity index (χ1) is 11.6. The van der Waals surface area contributed by atoms with E-state index in [1.54, 1.807) is 0 Å². The molecule has 1 aliphatic rings. The highest BCUT2D eigenvalue weighted by molar-refractivity contribution is 7.91. The molecule has 6 nitrogen and oxygen atoms in total. The van der Waals surface area contributed by atoms with Crippen molar-refractivity contribution in [3.05, 3.63) is 17.7 Å². The summed E-state index contributed by atoms with van der Waals surface area (Å²) < 4.78 is 23.0. The molecule has 0 N–H and O–H groups in total. The molecular formula is C18H29N3O3S. The number of benzene rings is 1. The molecule has 2 rings (SSSR count). The smallest absolute Gasteiger partial charge is 0.178 e. The van der Waals surface area contributed by atoms with Crippen LogP contribution in [0.1, 0.15) is 29.6 Å². The van der Waals surface area contributed by atoms with Gasteiger partial charge in [0.2, 0.25) is 0 Å². The summed E-state index contributed by atoms with van der Waals surface area (Å²) in [5.74, 6) is -0.825. The van der Waals surface area contributed by atoms with Crippen molar-refractivity contribution in [2.75, 3.05) is 68.0 Å². The second-order valence-corrected chi connectivity index (χ2v) is 9.33. The van der Waals surface area contributed by atoms with E-state index < -0.39 is 15.6 Å². The summed E-state index contributed by atoms with van der Waals surface area (Å²) in [6.45, 7) is 2.00. The van der Waals surface area contributed by atoms with Crippen LogP contribution in [0.3, 0.4) is 0 Å². The van der Waals surface area contributed by atoms with Gasteiger partial charge >= 0.3 is 0 Å². The van der Waals surface area contributed by atoms with Crippen LogP contribution in [-0.4, -0.2) is 67.5 Å². The van der Waals surface area contributed by atoms with Crippen LogP contribution in [0.5, 0.6) is 0 Å². The molecule has 7 heteroatoms. The fourth-order valence-corrected chi connectivity index (χ4v) is 3.85. The Morgan fingerprint density at radius 2 is 1.48 bits per heavy atom. The molecular weight excluding hydrogens is 338 g/mol. The molecule has 1 fully saturated rings. The molecule has 1 aromatic carbocycles. The highest BCUT2D eigenvalue weighted by Gasteiger charge is 2.24. The number of nitrogens with zero attached hydrogens (tertiary/aromatic N) is 3. The number of rotatable bonds is 6. The van der Waals surface area contributed by atoms with Crippen LogP contribution in [0.2, 0.25) is 0 Å². The van der Waals surface area contributed by atoms with Crippen LogP contribution in [0.25, 0.3) is 0 Å². The van der Waals surface area contributed by atoms with Crippen LogP contribution < -0.4 is 14.7 Å². The Morgan fingerprint density at radius 3 is 1.88 bits per heavy atom. The molecule has 0 aromatic heterocycles. The number of sulfone groups is 1. The second-order valence-electron chi connectivity index (χ2n) is 7.19. The van der Waals surface area contributed by atoms with Crippen LogP contribution >= 0.6 is 0 Å². The minimum absolute atomic E-state index is 0.362. The topological polar surface area (TPSA) is 60.9 Å². The van der Waals surface area contributed by atoms with Gasteiger partial charge in [0.25, 0.3) is 0 Å². The summed E-state index contributed by atoms with van der Waals surface area (Å²) >= 11 is 0. The largest absolute Gasteiger partial charge is 0.376 e. The lowest BCUT2D eigenvalue weighted by atomic mass is 10.0. The van der Waals surface area contributed by atoms with Gasteiger partial charge in [0.15, 0.2) is 15.6 Å². The fourth-order valence-electron chi connectivity index (χ4n) is 3.21. The Kier molecular flexibility index (Phi) is 5.98. The number of ketones is 1. The van der Waals surface area contributed by atoms with E-state index >= 15 is 0 Å². The molecule has 1 heterocycles. The number of anilines is 3. The van der Waals surface area contributed by atoms with Crippen LogP contribution in [0, 0.1) is 0 Å². The zero-order valence-electron chi connectivity index (χ0n) is 15.9. The highest BCUT2D eigenvalue weighted by Crippen LogP contribution is 2.40. The zero-order valence-corrected chi connectivity index (χ0v) is 16.7. The maximum absolute atomic E-state index is 12.5. The summed E-state index contributed by atoms with van der Waals surface area (Å²) in [6, 6.07) is 3.65. The lowest BCUT2D eigenvalue weighted by Gasteiger charge is -2.35. The molecule has 0 radical (unpaired) electrons. The van der Waals surface area contributed by atoms with Crippen LogP contribution in [0.15, 0.2) is 12.1 Å². The number of piperidine rings is 1. The molecule has 1 aliphatic heterocycles. The third-order valence-electron chi connectivity index (χ3n) is 4.42. The van der Waals surface area contributed by atoms with E-state index in [2.05, 4.69) is 4.90 Å². The van der Waals surface area contributed by atoms with Crippen molar-refractivity contribution in [2.45, 2.75) is 19.3 Å². The van der Waals surface area contributed by atoms with Crippen molar-refractivity contribution in [2.24, 2.45) is 0 Å². The normalized spacial score (nSPS) is 15.2. The zero-order chi connectivity index (χ0) is 18.8. The van der Waals surface area contributed by atoms with Gasteiger partial charge in [-0.15, -0.1) is 0 Å². The number of Topliss-reactive ketones (excluding diaryl/α,β-unsaturated/α-hetero) is 1. The van der Waals surface area contributed by atoms with E-state index in [-0.39, 0.29) is 5.78 Å². The van der Waals surface area contributed by atoms with E-state index in [1.807, 2.05) is 50.1 Å². The highest BCUT2D eigenvalue weighted by atomic mass is 32.2. The summed E-state index contributed by atoms with van der Waals surface area (Å²) in [4.78, 5) is 18.8. The summed E-state index contributed by atoms with van der Waals surface area (Å²) in [6.07, 6.45) is 4.66. The average Bonchev–Trinajstić information content (AvgIpc) is 2.52. The minimum atomic E-state index is -3.36. The van der Waals surface area contributed by atoms with E-state index in [0.29, 0.717) is 5.56 Å². The monoisotopic (exact) mass is 367 g/mol. The predicted octanol–water partition coefficient (Wildman–Crippen LogP) is 2.04. The molecule has 1 saturated heterocycles. The first-order valence-corrected chi connectivity index (χ1v) is 10.6. The molecule has 0 saturated carbocycles. The summed E-state index contributed by atoms with van der Waals surface area (Å²) in [5.41, 5.74) is 3.46. The van der Waals surface area contributed by atoms with E-state index in [9.17, 15) is 13.2 Å². The molecule has 25 heavy (non-hydrogen) atoms. The molecule has 0 bridgehead atoms. The SMILES string of the molecule is CN(C)c1cc(C(=O)CS(C)(=O)=O)cc(N(C)C)c1N1CCCCC1. The molecule has 0 unspecified atom stereocenters. The lowest BCUT2D eigenvalue weighted by Crippen LogP contribution is -2.32. The van der Waals surface area contributed by atoms with Gasteiger partial charge in [0, 0.05) is 53.1 Å². The molecule has 1 aromatic rings. The molecule has 0 aliphatic carbocycles. The van der Waals surface area contributed by atoms with Gasteiger partial charge in [0.05, 0.1) is 17.1 Å². The van der Waals surface area contributed by atoms with Crippen molar-refractivity contribution in [1.82, 2.24) is 0 Å². The number of hydrogen-bond acceptors (Lipinski definition) is 6. The van der Waals surface area contributed by atoms with Crippen molar-refractivity contribution >= 4 is 32.7 Å². The Balaban J connectivity index is 2.57. The Labute approximate surface area is 151 Å². The van der Waals surface area contributed by atoms with Crippen molar-refractivity contribution in [1.29, 1.82) is 0 Å². The molecule has 0 atom stereocenters. The summed E-state index contributed by atoms with van der Waals surface area (Å²) in [7, 11) is 4.45. The Hall–Kier alpha value is -1.76. The van der Waals surface area contributed by atoms with Gasteiger partial charge in [-0.25, -0.2) is 8.42 Å². The number of carbonyl (C=O) groups is 1. The average molecular weight is 368 g/mol. The minimum Gasteiger partial charge on any atom is -0.376 e. The van der Waals surface area contributed by atoms with E-state index in [0.717, 1.165) is 49.2 Å². The van der Waals surface area contributed by atoms with Crippen molar-refractivity contribution < 1.29 is 13.2 Å². The molecule has 0 spiro atoms. The van der Waals surface area contributed by atoms with E-state index in [4.69, 9.17) is 0 Å². The van der Waals surface area contributed by atoms with Gasteiger partial charge in [-0.2, -0.15) is 0 Å². The van der Waals surface area contributed by atoms with Crippen molar-refractivity contribution in [3.8, 4) is 0 Å². The van der Waals surface area contributed by atoms with Gasteiger partial charge in [0.1, 0.15) is 5.75 Å². The van der Waals surface area contributed by atoms with E-state index in [1.165, 1.54) is 6.42 Å². The lowest BCUT2D eigenvalue weighted by molar-refractivity contribution is 0.102. The van der Waals surface area contributed by atoms with Gasteiger partial charge in [-0.05, 0) is 31.4 Å². The number of hydrogen-bond donors (Lipinski definition) is 0. The first-order valence-electron chi connectivity index (χ1n) is 8.58. The Bertz CT molecular complexity index is 707. The quantitative estimate of drug-likeness (QED) is 0.717. The third-order valence-corrected chi connectivity index (χ3v) is 5.21.